The van der Waals surface area contributed by atoms with Crippen LogP contribution in [0.15, 0.2) is 0 Å². The smallest absolute Gasteiger partial charge is 0.310 e. The summed E-state index contributed by atoms with van der Waals surface area (Å²) in [6.07, 6.45) is 3.64. The zero-order valence-corrected chi connectivity index (χ0v) is 11.3. The van der Waals surface area contributed by atoms with E-state index in [9.17, 15) is 4.79 Å². The van der Waals surface area contributed by atoms with Crippen molar-refractivity contribution in [2.75, 3.05) is 12.3 Å². The van der Waals surface area contributed by atoms with E-state index in [0.717, 1.165) is 5.25 Å². The van der Waals surface area contributed by atoms with E-state index < -0.39 is 11.4 Å². The Hall–Kier alpha value is -0.220. The molecular formula is C12H23NO2S. The molecule has 1 fully saturated rings. The molecule has 94 valence electrons. The Balaban J connectivity index is 2.27. The summed E-state index contributed by atoms with van der Waals surface area (Å²) in [5.74, 6) is 0.454. The highest BCUT2D eigenvalue weighted by Gasteiger charge is 2.30. The van der Waals surface area contributed by atoms with E-state index in [1.807, 2.05) is 11.8 Å². The molecule has 3 nitrogen and oxygen atoms in total. The van der Waals surface area contributed by atoms with Crippen molar-refractivity contribution < 1.29 is 9.90 Å². The molecule has 1 aliphatic rings. The zero-order valence-electron chi connectivity index (χ0n) is 10.5. The van der Waals surface area contributed by atoms with Gasteiger partial charge in [-0.3, -0.25) is 4.79 Å². The lowest BCUT2D eigenvalue weighted by Gasteiger charge is -2.22. The Morgan fingerprint density at radius 2 is 2.19 bits per heavy atom. The largest absolute Gasteiger partial charge is 0.481 e. The van der Waals surface area contributed by atoms with Crippen LogP contribution in [0.5, 0.6) is 0 Å². The Morgan fingerprint density at radius 1 is 1.50 bits per heavy atom. The van der Waals surface area contributed by atoms with Crippen LogP contribution in [-0.4, -0.2) is 34.7 Å². The van der Waals surface area contributed by atoms with Crippen molar-refractivity contribution in [1.82, 2.24) is 5.32 Å². The van der Waals surface area contributed by atoms with Gasteiger partial charge in [-0.05, 0) is 38.9 Å². The molecule has 4 heteroatoms. The summed E-state index contributed by atoms with van der Waals surface area (Å²) in [7, 11) is 0. The second kappa shape index (κ2) is 5.92. The maximum atomic E-state index is 10.9. The fraction of sp³-hybridized carbons (Fsp3) is 0.917. The minimum Gasteiger partial charge on any atom is -0.481 e. The molecule has 16 heavy (non-hydrogen) atoms. The molecule has 2 N–H and O–H groups in total. The summed E-state index contributed by atoms with van der Waals surface area (Å²) in [5.41, 5.74) is -0.657. The van der Waals surface area contributed by atoms with Gasteiger partial charge < -0.3 is 10.4 Å². The highest BCUT2D eigenvalue weighted by Crippen LogP contribution is 2.30. The Labute approximate surface area is 102 Å². The Kier molecular flexibility index (Phi) is 5.12. The average molecular weight is 245 g/mol. The predicted octanol–water partition coefficient (Wildman–Crippen LogP) is 2.36. The van der Waals surface area contributed by atoms with Gasteiger partial charge in [-0.15, -0.1) is 0 Å². The molecule has 1 aliphatic carbocycles. The molecule has 1 saturated carbocycles. The standard InChI is InChI=1S/C12H23NO2S/c1-4-16-10-6-5-9(7-10)13-8-12(2,3)11(14)15/h9-10,13H,4-8H2,1-3H3,(H,14,15). The molecule has 2 unspecified atom stereocenters. The molecule has 0 aromatic carbocycles. The highest BCUT2D eigenvalue weighted by molar-refractivity contribution is 7.99. The molecule has 0 spiro atoms. The summed E-state index contributed by atoms with van der Waals surface area (Å²) in [4.78, 5) is 10.9. The van der Waals surface area contributed by atoms with Crippen molar-refractivity contribution in [3.8, 4) is 0 Å². The SMILES string of the molecule is CCSC1CCC(NCC(C)(C)C(=O)O)C1. The van der Waals surface area contributed by atoms with Gasteiger partial charge >= 0.3 is 5.97 Å². The van der Waals surface area contributed by atoms with Crippen molar-refractivity contribution >= 4 is 17.7 Å². The molecule has 0 bridgehead atoms. The third kappa shape index (κ3) is 3.98. The number of thioether (sulfide) groups is 1. The van der Waals surface area contributed by atoms with E-state index in [4.69, 9.17) is 5.11 Å². The van der Waals surface area contributed by atoms with E-state index in [1.54, 1.807) is 13.8 Å². The van der Waals surface area contributed by atoms with Gasteiger partial charge in [0.05, 0.1) is 5.41 Å². The van der Waals surface area contributed by atoms with E-state index >= 15 is 0 Å². The van der Waals surface area contributed by atoms with E-state index in [2.05, 4.69) is 12.2 Å². The second-order valence-corrected chi connectivity index (χ2v) is 6.73. The minimum absolute atomic E-state index is 0.516. The van der Waals surface area contributed by atoms with Crippen LogP contribution in [0.1, 0.15) is 40.0 Å². The first-order valence-corrected chi connectivity index (χ1v) is 7.09. The number of carbonyl (C=O) groups is 1. The first-order chi connectivity index (χ1) is 7.45. The predicted molar refractivity (Wildman–Crippen MR) is 69.0 cm³/mol. The van der Waals surface area contributed by atoms with Gasteiger partial charge in [-0.1, -0.05) is 6.92 Å². The number of rotatable bonds is 6. The molecule has 1 rings (SSSR count). The summed E-state index contributed by atoms with van der Waals surface area (Å²) in [6.45, 7) is 6.31. The van der Waals surface area contributed by atoms with Crippen molar-refractivity contribution in [1.29, 1.82) is 0 Å². The molecule has 0 amide bonds. The number of carboxylic acid groups (broad SMARTS) is 1. The maximum Gasteiger partial charge on any atom is 0.310 e. The van der Waals surface area contributed by atoms with Gasteiger partial charge in [0, 0.05) is 17.8 Å². The lowest BCUT2D eigenvalue weighted by atomic mass is 9.93. The number of nitrogens with one attached hydrogen (secondary N) is 1. The molecule has 0 saturated heterocycles. The lowest BCUT2D eigenvalue weighted by molar-refractivity contribution is -0.146. The van der Waals surface area contributed by atoms with E-state index in [-0.39, 0.29) is 0 Å². The van der Waals surface area contributed by atoms with Crippen LogP contribution >= 0.6 is 11.8 Å². The quantitative estimate of drug-likeness (QED) is 0.754. The van der Waals surface area contributed by atoms with Crippen molar-refractivity contribution in [2.24, 2.45) is 5.41 Å². The molecule has 0 aliphatic heterocycles. The number of hydrogen-bond donors (Lipinski definition) is 2. The van der Waals surface area contributed by atoms with Gasteiger partial charge in [0.15, 0.2) is 0 Å². The highest BCUT2D eigenvalue weighted by atomic mass is 32.2. The first kappa shape index (κ1) is 13.8. The van der Waals surface area contributed by atoms with Gasteiger partial charge in [0.1, 0.15) is 0 Å². The summed E-state index contributed by atoms with van der Waals surface area (Å²) < 4.78 is 0. The van der Waals surface area contributed by atoms with Gasteiger partial charge in [0.2, 0.25) is 0 Å². The molecule has 0 heterocycles. The monoisotopic (exact) mass is 245 g/mol. The summed E-state index contributed by atoms with van der Waals surface area (Å²) >= 11 is 2.03. The van der Waals surface area contributed by atoms with E-state index in [0.29, 0.717) is 12.6 Å². The molecular weight excluding hydrogens is 222 g/mol. The first-order valence-electron chi connectivity index (χ1n) is 6.04. The molecule has 0 aromatic rings. The Morgan fingerprint density at radius 3 is 2.75 bits per heavy atom. The van der Waals surface area contributed by atoms with E-state index in [1.165, 1.54) is 25.0 Å². The van der Waals surface area contributed by atoms with Crippen LogP contribution in [0.25, 0.3) is 0 Å². The van der Waals surface area contributed by atoms with Crippen molar-refractivity contribution in [3.63, 3.8) is 0 Å². The second-order valence-electron chi connectivity index (χ2n) is 5.16. The Bertz CT molecular complexity index is 243. The van der Waals surface area contributed by atoms with Crippen LogP contribution < -0.4 is 5.32 Å². The molecule has 0 radical (unpaired) electrons. The third-order valence-corrected chi connectivity index (χ3v) is 4.43. The van der Waals surface area contributed by atoms with Crippen LogP contribution in [0.3, 0.4) is 0 Å². The van der Waals surface area contributed by atoms with Crippen LogP contribution in [0.2, 0.25) is 0 Å². The van der Waals surface area contributed by atoms with Crippen molar-refractivity contribution in [2.45, 2.75) is 51.3 Å². The number of hydrogen-bond acceptors (Lipinski definition) is 3. The third-order valence-electron chi connectivity index (χ3n) is 3.20. The number of aliphatic carboxylic acids is 1. The fourth-order valence-corrected chi connectivity index (χ4v) is 3.13. The zero-order chi connectivity index (χ0) is 12.2. The minimum atomic E-state index is -0.725. The summed E-state index contributed by atoms with van der Waals surface area (Å²) in [6, 6.07) is 0.516. The van der Waals surface area contributed by atoms with Crippen LogP contribution in [-0.2, 0) is 4.79 Å². The maximum absolute atomic E-state index is 10.9. The normalized spacial score (nSPS) is 25.9. The van der Waals surface area contributed by atoms with Gasteiger partial charge in [0.25, 0.3) is 0 Å². The van der Waals surface area contributed by atoms with Crippen molar-refractivity contribution in [3.05, 3.63) is 0 Å². The van der Waals surface area contributed by atoms with Gasteiger partial charge in [-0.25, -0.2) is 0 Å². The van der Waals surface area contributed by atoms with Crippen LogP contribution in [0, 0.1) is 5.41 Å². The fourth-order valence-electron chi connectivity index (χ4n) is 1.99. The topological polar surface area (TPSA) is 49.3 Å². The van der Waals surface area contributed by atoms with Gasteiger partial charge in [-0.2, -0.15) is 11.8 Å². The lowest BCUT2D eigenvalue weighted by Crippen LogP contribution is -2.40. The average Bonchev–Trinajstić information content (AvgIpc) is 2.63. The summed E-state index contributed by atoms with van der Waals surface area (Å²) in [5, 5.41) is 13.2. The molecule has 2 atom stereocenters. The number of carboxylic acids is 1. The van der Waals surface area contributed by atoms with Crippen LogP contribution in [0.4, 0.5) is 0 Å². The molecule has 0 aromatic heterocycles.